The fourth-order valence-electron chi connectivity index (χ4n) is 4.75. The molecule has 1 aliphatic carbocycles. The third kappa shape index (κ3) is 6.77. The van der Waals surface area contributed by atoms with E-state index in [1.54, 1.807) is 14.2 Å². The first kappa shape index (κ1) is 26.0. The van der Waals surface area contributed by atoms with Gasteiger partial charge in [-0.25, -0.2) is 0 Å². The Hall–Kier alpha value is -3.10. The number of para-hydroxylation sites is 1. The van der Waals surface area contributed by atoms with Crippen molar-refractivity contribution >= 4 is 17.5 Å². The molecule has 8 heteroatoms. The number of carbonyl (C=O) groups excluding carboxylic acids is 2. The van der Waals surface area contributed by atoms with Crippen LogP contribution in [0.1, 0.15) is 30.9 Å². The number of piperazine rings is 1. The summed E-state index contributed by atoms with van der Waals surface area (Å²) in [6, 6.07) is 14.1. The predicted octanol–water partition coefficient (Wildman–Crippen LogP) is 3.01. The molecule has 194 valence electrons. The Morgan fingerprint density at radius 3 is 2.42 bits per heavy atom. The summed E-state index contributed by atoms with van der Waals surface area (Å²) < 4.78 is 10.9. The van der Waals surface area contributed by atoms with E-state index >= 15 is 0 Å². The maximum absolute atomic E-state index is 13.2. The van der Waals surface area contributed by atoms with Crippen molar-refractivity contribution in [2.75, 3.05) is 58.8 Å². The minimum Gasteiger partial charge on any atom is -0.497 e. The van der Waals surface area contributed by atoms with Gasteiger partial charge in [0.2, 0.25) is 11.8 Å². The molecule has 2 fully saturated rings. The van der Waals surface area contributed by atoms with E-state index in [0.717, 1.165) is 47.6 Å². The molecule has 2 amide bonds. The number of hydrogen-bond donors (Lipinski definition) is 1. The van der Waals surface area contributed by atoms with Crippen molar-refractivity contribution < 1.29 is 19.1 Å². The summed E-state index contributed by atoms with van der Waals surface area (Å²) in [5.41, 5.74) is 3.04. The van der Waals surface area contributed by atoms with Crippen LogP contribution >= 0.6 is 0 Å². The third-order valence-corrected chi connectivity index (χ3v) is 7.03. The van der Waals surface area contributed by atoms with E-state index in [4.69, 9.17) is 9.47 Å². The number of benzene rings is 2. The zero-order valence-electron chi connectivity index (χ0n) is 21.7. The second kappa shape index (κ2) is 12.2. The molecule has 1 aliphatic heterocycles. The molecule has 4 rings (SSSR count). The number of hydrogen-bond acceptors (Lipinski definition) is 6. The molecule has 1 saturated carbocycles. The number of amides is 2. The Kier molecular flexibility index (Phi) is 8.83. The Balaban J connectivity index is 1.27. The average molecular weight is 495 g/mol. The van der Waals surface area contributed by atoms with Crippen molar-refractivity contribution in [1.82, 2.24) is 14.7 Å². The van der Waals surface area contributed by atoms with Crippen molar-refractivity contribution in [3.63, 3.8) is 0 Å². The van der Waals surface area contributed by atoms with E-state index in [0.29, 0.717) is 51.9 Å². The second-order valence-corrected chi connectivity index (χ2v) is 9.53. The highest BCUT2D eigenvalue weighted by Gasteiger charge is 2.33. The normalized spacial score (nSPS) is 16.2. The minimum absolute atomic E-state index is 0.0113. The lowest BCUT2D eigenvalue weighted by molar-refractivity contribution is -0.134. The van der Waals surface area contributed by atoms with E-state index in [-0.39, 0.29) is 11.8 Å². The number of rotatable bonds is 11. The summed E-state index contributed by atoms with van der Waals surface area (Å²) in [6.07, 6.45) is 3.10. The molecule has 8 nitrogen and oxygen atoms in total. The van der Waals surface area contributed by atoms with Crippen molar-refractivity contribution in [3.05, 3.63) is 53.6 Å². The highest BCUT2D eigenvalue weighted by Crippen LogP contribution is 2.32. The van der Waals surface area contributed by atoms with Gasteiger partial charge in [0.1, 0.15) is 11.5 Å². The second-order valence-electron chi connectivity index (χ2n) is 9.53. The standard InChI is InChI=1S/C28H38N4O4/c1-4-21-7-5-6-8-25(21)29-27(33)19-30-13-15-31(16-14-30)28(34)20-32(23-9-10-23)18-22-17-24(35-2)11-12-26(22)36-3/h5-8,11-12,17,23H,4,9-10,13-16,18-20H2,1-3H3,(H,29,33). The van der Waals surface area contributed by atoms with Gasteiger partial charge in [-0.3, -0.25) is 19.4 Å². The fraction of sp³-hybridized carbons (Fsp3) is 0.500. The minimum atomic E-state index is -0.0113. The molecule has 0 unspecified atom stereocenters. The first-order chi connectivity index (χ1) is 17.5. The summed E-state index contributed by atoms with van der Waals surface area (Å²) in [7, 11) is 3.32. The van der Waals surface area contributed by atoms with Crippen molar-refractivity contribution in [1.29, 1.82) is 0 Å². The Labute approximate surface area is 214 Å². The van der Waals surface area contributed by atoms with E-state index in [9.17, 15) is 9.59 Å². The van der Waals surface area contributed by atoms with Gasteiger partial charge in [0, 0.05) is 50.0 Å². The summed E-state index contributed by atoms with van der Waals surface area (Å²) in [5, 5.41) is 3.04. The van der Waals surface area contributed by atoms with Crippen LogP contribution < -0.4 is 14.8 Å². The molecule has 0 spiro atoms. The Morgan fingerprint density at radius 1 is 1.00 bits per heavy atom. The molecule has 0 radical (unpaired) electrons. The lowest BCUT2D eigenvalue weighted by Crippen LogP contribution is -2.52. The monoisotopic (exact) mass is 494 g/mol. The topological polar surface area (TPSA) is 74.4 Å². The van der Waals surface area contributed by atoms with E-state index in [2.05, 4.69) is 22.0 Å². The van der Waals surface area contributed by atoms with E-state index in [1.807, 2.05) is 47.4 Å². The zero-order valence-corrected chi connectivity index (χ0v) is 21.7. The molecule has 0 bridgehead atoms. The predicted molar refractivity (Wildman–Crippen MR) is 140 cm³/mol. The smallest absolute Gasteiger partial charge is 0.238 e. The maximum Gasteiger partial charge on any atom is 0.238 e. The van der Waals surface area contributed by atoms with Crippen LogP contribution in [0.15, 0.2) is 42.5 Å². The van der Waals surface area contributed by atoms with Crippen LogP contribution in [0.25, 0.3) is 0 Å². The van der Waals surface area contributed by atoms with E-state index < -0.39 is 0 Å². The van der Waals surface area contributed by atoms with E-state index in [1.165, 1.54) is 0 Å². The molecule has 1 heterocycles. The van der Waals surface area contributed by atoms with Crippen LogP contribution in [0.3, 0.4) is 0 Å². The van der Waals surface area contributed by atoms with Crippen molar-refractivity contribution in [3.8, 4) is 11.5 Å². The van der Waals surface area contributed by atoms with Gasteiger partial charge in [-0.05, 0) is 49.1 Å². The van der Waals surface area contributed by atoms with Crippen molar-refractivity contribution in [2.24, 2.45) is 0 Å². The van der Waals surface area contributed by atoms with Crippen LogP contribution in [-0.2, 0) is 22.6 Å². The summed E-state index contributed by atoms with van der Waals surface area (Å²) in [4.78, 5) is 32.1. The van der Waals surface area contributed by atoms with Gasteiger partial charge in [0.05, 0.1) is 27.3 Å². The van der Waals surface area contributed by atoms with Crippen LogP contribution in [0.2, 0.25) is 0 Å². The first-order valence-electron chi connectivity index (χ1n) is 12.8. The quantitative estimate of drug-likeness (QED) is 0.518. The first-order valence-corrected chi connectivity index (χ1v) is 12.8. The van der Waals surface area contributed by atoms with Gasteiger partial charge in [0.25, 0.3) is 0 Å². The van der Waals surface area contributed by atoms with Crippen LogP contribution in [-0.4, -0.2) is 86.0 Å². The number of carbonyl (C=O) groups is 2. The van der Waals surface area contributed by atoms with Gasteiger partial charge in [-0.1, -0.05) is 25.1 Å². The lowest BCUT2D eigenvalue weighted by atomic mass is 10.1. The molecule has 1 N–H and O–H groups in total. The van der Waals surface area contributed by atoms with Crippen LogP contribution in [0, 0.1) is 0 Å². The maximum atomic E-state index is 13.2. The van der Waals surface area contributed by atoms with Gasteiger partial charge in [-0.15, -0.1) is 0 Å². The third-order valence-electron chi connectivity index (χ3n) is 7.03. The van der Waals surface area contributed by atoms with Crippen molar-refractivity contribution in [2.45, 2.75) is 38.8 Å². The van der Waals surface area contributed by atoms with Crippen LogP contribution in [0.5, 0.6) is 11.5 Å². The SMILES string of the molecule is CCc1ccccc1NC(=O)CN1CCN(C(=O)CN(Cc2cc(OC)ccc2OC)C2CC2)CC1. The molecule has 36 heavy (non-hydrogen) atoms. The Bertz CT molecular complexity index is 1050. The number of anilines is 1. The molecule has 0 aromatic heterocycles. The number of nitrogens with zero attached hydrogens (tertiary/aromatic N) is 3. The zero-order chi connectivity index (χ0) is 25.5. The summed E-state index contributed by atoms with van der Waals surface area (Å²) in [5.74, 6) is 1.72. The van der Waals surface area contributed by atoms with Crippen LogP contribution in [0.4, 0.5) is 5.69 Å². The molecule has 2 aromatic rings. The Morgan fingerprint density at radius 2 is 1.75 bits per heavy atom. The number of methoxy groups -OCH3 is 2. The largest absolute Gasteiger partial charge is 0.497 e. The fourth-order valence-corrected chi connectivity index (χ4v) is 4.75. The highest BCUT2D eigenvalue weighted by atomic mass is 16.5. The molecule has 1 saturated heterocycles. The van der Waals surface area contributed by atoms with Gasteiger partial charge in [-0.2, -0.15) is 0 Å². The molecule has 0 atom stereocenters. The number of nitrogens with one attached hydrogen (secondary N) is 1. The lowest BCUT2D eigenvalue weighted by Gasteiger charge is -2.35. The average Bonchev–Trinajstić information content (AvgIpc) is 3.74. The molecular formula is C28H38N4O4. The number of aryl methyl sites for hydroxylation is 1. The summed E-state index contributed by atoms with van der Waals surface area (Å²) in [6.45, 7) is 6.12. The highest BCUT2D eigenvalue weighted by molar-refractivity contribution is 5.93. The van der Waals surface area contributed by atoms with Gasteiger partial charge in [0.15, 0.2) is 0 Å². The summed E-state index contributed by atoms with van der Waals surface area (Å²) >= 11 is 0. The molecule has 2 aliphatic rings. The number of ether oxygens (including phenoxy) is 2. The van der Waals surface area contributed by atoms with Gasteiger partial charge >= 0.3 is 0 Å². The molecular weight excluding hydrogens is 456 g/mol. The van der Waals surface area contributed by atoms with Gasteiger partial charge < -0.3 is 19.7 Å². The molecule has 2 aromatic carbocycles.